The minimum Gasteiger partial charge on any atom is -0.381 e. The first-order valence-corrected chi connectivity index (χ1v) is 8.88. The van der Waals surface area contributed by atoms with Gasteiger partial charge in [0.05, 0.1) is 5.75 Å². The lowest BCUT2D eigenvalue weighted by Gasteiger charge is -2.22. The Hall–Kier alpha value is -1.50. The Kier molecular flexibility index (Phi) is 5.59. The summed E-state index contributed by atoms with van der Waals surface area (Å²) >= 11 is 7.45. The minimum absolute atomic E-state index is 0.0301. The number of imidazole rings is 1. The molecule has 2 aromatic rings. The Balaban J connectivity index is 1.58. The monoisotopic (exact) mass is 351 g/mol. The van der Waals surface area contributed by atoms with Gasteiger partial charge in [0.25, 0.3) is 0 Å². The summed E-state index contributed by atoms with van der Waals surface area (Å²) in [6.45, 7) is 1.44. The van der Waals surface area contributed by atoms with Gasteiger partial charge in [0, 0.05) is 42.4 Å². The number of hydrogen-bond acceptors (Lipinski definition) is 4. The lowest BCUT2D eigenvalue weighted by atomic mass is 10.1. The largest absolute Gasteiger partial charge is 0.381 e. The first-order valence-electron chi connectivity index (χ1n) is 7.51. The molecule has 0 aliphatic carbocycles. The smallest absolute Gasteiger partial charge is 0.230 e. The highest BCUT2D eigenvalue weighted by atomic mass is 35.5. The van der Waals surface area contributed by atoms with Crippen LogP contribution in [-0.2, 0) is 9.53 Å². The topological polar surface area (TPSA) is 56.2 Å². The van der Waals surface area contributed by atoms with Crippen molar-refractivity contribution in [3.63, 3.8) is 0 Å². The highest BCUT2D eigenvalue weighted by molar-refractivity contribution is 7.99. The third kappa shape index (κ3) is 4.50. The van der Waals surface area contributed by atoms with Crippen LogP contribution >= 0.6 is 23.4 Å². The molecule has 1 amide bonds. The molecule has 1 aliphatic heterocycles. The van der Waals surface area contributed by atoms with Crippen LogP contribution in [0.1, 0.15) is 12.8 Å². The second-order valence-electron chi connectivity index (χ2n) is 5.30. The zero-order chi connectivity index (χ0) is 16.1. The number of carbonyl (C=O) groups is 1. The maximum atomic E-state index is 12.1. The molecular formula is C16H18ClN3O2S. The lowest BCUT2D eigenvalue weighted by Crippen LogP contribution is -2.39. The van der Waals surface area contributed by atoms with Gasteiger partial charge in [0.15, 0.2) is 5.16 Å². The first-order chi connectivity index (χ1) is 11.2. The van der Waals surface area contributed by atoms with Crippen LogP contribution in [0.25, 0.3) is 5.69 Å². The van der Waals surface area contributed by atoms with Gasteiger partial charge in [0.2, 0.25) is 5.91 Å². The quantitative estimate of drug-likeness (QED) is 0.841. The van der Waals surface area contributed by atoms with Crippen molar-refractivity contribution in [1.82, 2.24) is 14.9 Å². The van der Waals surface area contributed by atoms with Crippen LogP contribution in [-0.4, -0.2) is 40.5 Å². The maximum absolute atomic E-state index is 12.1. The number of benzene rings is 1. The summed E-state index contributed by atoms with van der Waals surface area (Å²) in [5.41, 5.74) is 0.933. The molecular weight excluding hydrogens is 334 g/mol. The van der Waals surface area contributed by atoms with Gasteiger partial charge >= 0.3 is 0 Å². The number of carbonyl (C=O) groups excluding carboxylic acids is 1. The normalized spacial score (nSPS) is 15.5. The Bertz CT molecular complexity index is 671. The number of nitrogens with one attached hydrogen (secondary N) is 1. The molecule has 1 fully saturated rings. The molecule has 0 spiro atoms. The van der Waals surface area contributed by atoms with Crippen molar-refractivity contribution in [2.24, 2.45) is 0 Å². The Labute approximate surface area is 144 Å². The van der Waals surface area contributed by atoms with Crippen molar-refractivity contribution in [1.29, 1.82) is 0 Å². The summed E-state index contributed by atoms with van der Waals surface area (Å²) < 4.78 is 7.22. The highest BCUT2D eigenvalue weighted by Gasteiger charge is 2.16. The van der Waals surface area contributed by atoms with Crippen LogP contribution in [0.3, 0.4) is 0 Å². The van der Waals surface area contributed by atoms with E-state index in [1.165, 1.54) is 11.8 Å². The van der Waals surface area contributed by atoms with Crippen molar-refractivity contribution >= 4 is 29.3 Å². The molecule has 1 aliphatic rings. The molecule has 0 bridgehead atoms. The van der Waals surface area contributed by atoms with Gasteiger partial charge in [-0.2, -0.15) is 0 Å². The van der Waals surface area contributed by atoms with Crippen molar-refractivity contribution in [3.8, 4) is 5.69 Å². The molecule has 5 nitrogen and oxygen atoms in total. The molecule has 23 heavy (non-hydrogen) atoms. The Morgan fingerprint density at radius 1 is 1.43 bits per heavy atom. The number of aromatic nitrogens is 2. The van der Waals surface area contributed by atoms with E-state index in [2.05, 4.69) is 10.3 Å². The molecule has 2 heterocycles. The van der Waals surface area contributed by atoms with Crippen molar-refractivity contribution in [2.75, 3.05) is 19.0 Å². The summed E-state index contributed by atoms with van der Waals surface area (Å²) in [6.07, 6.45) is 5.35. The molecule has 1 aromatic carbocycles. The predicted octanol–water partition coefficient (Wildman–Crippen LogP) is 2.91. The van der Waals surface area contributed by atoms with E-state index >= 15 is 0 Å². The van der Waals surface area contributed by atoms with Crippen molar-refractivity contribution < 1.29 is 9.53 Å². The fourth-order valence-electron chi connectivity index (χ4n) is 2.46. The zero-order valence-electron chi connectivity index (χ0n) is 12.6. The third-order valence-electron chi connectivity index (χ3n) is 3.61. The van der Waals surface area contributed by atoms with Crippen molar-refractivity contribution in [2.45, 2.75) is 24.0 Å². The fraction of sp³-hybridized carbons (Fsp3) is 0.375. The molecule has 1 aromatic heterocycles. The van der Waals surface area contributed by atoms with Gasteiger partial charge < -0.3 is 10.1 Å². The lowest BCUT2D eigenvalue weighted by molar-refractivity contribution is -0.119. The fourth-order valence-corrected chi connectivity index (χ4v) is 3.43. The van der Waals surface area contributed by atoms with Gasteiger partial charge in [-0.05, 0) is 31.0 Å². The second-order valence-corrected chi connectivity index (χ2v) is 6.68. The molecule has 7 heteroatoms. The summed E-state index contributed by atoms with van der Waals surface area (Å²) in [4.78, 5) is 16.4. The van der Waals surface area contributed by atoms with Crippen LogP contribution < -0.4 is 5.32 Å². The first kappa shape index (κ1) is 16.4. The Morgan fingerprint density at radius 3 is 3.04 bits per heavy atom. The van der Waals surface area contributed by atoms with Crippen LogP contribution in [0.15, 0.2) is 41.8 Å². The summed E-state index contributed by atoms with van der Waals surface area (Å²) in [5.74, 6) is 0.372. The average molecular weight is 352 g/mol. The number of nitrogens with zero attached hydrogens (tertiary/aromatic N) is 2. The van der Waals surface area contributed by atoms with E-state index in [9.17, 15) is 4.79 Å². The number of ether oxygens (including phenoxy) is 1. The van der Waals surface area contributed by atoms with E-state index in [1.54, 1.807) is 6.20 Å². The number of thioether (sulfide) groups is 1. The molecule has 122 valence electrons. The number of hydrogen-bond donors (Lipinski definition) is 1. The van der Waals surface area contributed by atoms with Crippen LogP contribution in [0.5, 0.6) is 0 Å². The highest BCUT2D eigenvalue weighted by Crippen LogP contribution is 2.22. The molecule has 0 saturated carbocycles. The van der Waals surface area contributed by atoms with Crippen LogP contribution in [0, 0.1) is 0 Å². The SMILES string of the molecule is O=C(CSc1nccn1-c1cccc(Cl)c1)NC1CCOCC1. The van der Waals surface area contributed by atoms with Crippen LogP contribution in [0.2, 0.25) is 5.02 Å². The number of halogens is 1. The van der Waals surface area contributed by atoms with E-state index in [-0.39, 0.29) is 11.9 Å². The van der Waals surface area contributed by atoms with Gasteiger partial charge in [-0.15, -0.1) is 0 Å². The van der Waals surface area contributed by atoms with Gasteiger partial charge in [-0.3, -0.25) is 9.36 Å². The van der Waals surface area contributed by atoms with Crippen LogP contribution in [0.4, 0.5) is 0 Å². The molecule has 0 atom stereocenters. The average Bonchev–Trinajstić information content (AvgIpc) is 3.02. The number of amides is 1. The summed E-state index contributed by atoms with van der Waals surface area (Å²) in [6, 6.07) is 7.78. The minimum atomic E-state index is 0.0301. The van der Waals surface area contributed by atoms with Gasteiger partial charge in [0.1, 0.15) is 0 Å². The van der Waals surface area contributed by atoms with E-state index in [0.29, 0.717) is 10.8 Å². The molecule has 1 N–H and O–H groups in total. The summed E-state index contributed by atoms with van der Waals surface area (Å²) in [5, 5.41) is 4.50. The van der Waals surface area contributed by atoms with E-state index < -0.39 is 0 Å². The standard InChI is InChI=1S/C16H18ClN3O2S/c17-12-2-1-3-14(10-12)20-7-6-18-16(20)23-11-15(21)19-13-4-8-22-9-5-13/h1-3,6-7,10,13H,4-5,8-9,11H2,(H,19,21). The van der Waals surface area contributed by atoms with E-state index in [4.69, 9.17) is 16.3 Å². The van der Waals surface area contributed by atoms with E-state index in [0.717, 1.165) is 36.9 Å². The molecule has 0 radical (unpaired) electrons. The van der Waals surface area contributed by atoms with Crippen molar-refractivity contribution in [3.05, 3.63) is 41.7 Å². The molecule has 1 saturated heterocycles. The molecule has 0 unspecified atom stereocenters. The predicted molar refractivity (Wildman–Crippen MR) is 91.3 cm³/mol. The summed E-state index contributed by atoms with van der Waals surface area (Å²) in [7, 11) is 0. The van der Waals surface area contributed by atoms with Gasteiger partial charge in [-0.1, -0.05) is 29.4 Å². The van der Waals surface area contributed by atoms with Gasteiger partial charge in [-0.25, -0.2) is 4.98 Å². The maximum Gasteiger partial charge on any atom is 0.230 e. The third-order valence-corrected chi connectivity index (χ3v) is 4.81. The van der Waals surface area contributed by atoms with E-state index in [1.807, 2.05) is 35.0 Å². The number of rotatable bonds is 5. The zero-order valence-corrected chi connectivity index (χ0v) is 14.1. The molecule has 3 rings (SSSR count). The Morgan fingerprint density at radius 2 is 2.26 bits per heavy atom. The second kappa shape index (κ2) is 7.86.